The summed E-state index contributed by atoms with van der Waals surface area (Å²) in [6.45, 7) is -0.0706. The number of benzene rings is 1. The topological polar surface area (TPSA) is 71.1 Å². The van der Waals surface area contributed by atoms with Crippen molar-refractivity contribution in [1.82, 2.24) is 10.3 Å². The lowest BCUT2D eigenvalue weighted by molar-refractivity contribution is -0.115. The van der Waals surface area contributed by atoms with Crippen LogP contribution in [0.15, 0.2) is 34.1 Å². The first-order valence-electron chi connectivity index (χ1n) is 10.7. The third-order valence-corrected chi connectivity index (χ3v) is 8.37. The van der Waals surface area contributed by atoms with E-state index in [2.05, 4.69) is 36.9 Å². The fraction of sp³-hybridized carbons (Fsp3) is 0.522. The van der Waals surface area contributed by atoms with Crippen LogP contribution in [0, 0.1) is 23.2 Å². The molecule has 4 aliphatic rings. The van der Waals surface area contributed by atoms with Crippen LogP contribution < -0.4 is 10.6 Å². The van der Waals surface area contributed by atoms with Gasteiger partial charge >= 0.3 is 0 Å². The molecule has 1 aromatic heterocycles. The predicted octanol–water partition coefficient (Wildman–Crippen LogP) is 5.03. The molecule has 30 heavy (non-hydrogen) atoms. The summed E-state index contributed by atoms with van der Waals surface area (Å²) in [5.74, 6) is 2.28. The number of nitrogens with one attached hydrogen (secondary N) is 2. The molecule has 2 N–H and O–H groups in total. The van der Waals surface area contributed by atoms with Gasteiger partial charge in [-0.3, -0.25) is 9.59 Å². The summed E-state index contributed by atoms with van der Waals surface area (Å²) in [4.78, 5) is 29.1. The van der Waals surface area contributed by atoms with Gasteiger partial charge in [0.2, 0.25) is 5.91 Å². The van der Waals surface area contributed by atoms with Gasteiger partial charge in [-0.05, 0) is 92.4 Å². The zero-order valence-corrected chi connectivity index (χ0v) is 19.2. The number of thiazole rings is 1. The summed E-state index contributed by atoms with van der Waals surface area (Å²) in [6, 6.07) is 7.04. The summed E-state index contributed by atoms with van der Waals surface area (Å²) in [6.07, 6.45) is 9.47. The van der Waals surface area contributed by atoms with Gasteiger partial charge in [0.1, 0.15) is 0 Å². The monoisotopic (exact) mass is 487 g/mol. The van der Waals surface area contributed by atoms with Crippen molar-refractivity contribution in [1.29, 1.82) is 0 Å². The van der Waals surface area contributed by atoms with Gasteiger partial charge in [0.25, 0.3) is 5.91 Å². The zero-order valence-electron chi connectivity index (χ0n) is 16.8. The molecule has 4 bridgehead atoms. The predicted molar refractivity (Wildman–Crippen MR) is 122 cm³/mol. The third kappa shape index (κ3) is 4.33. The van der Waals surface area contributed by atoms with Crippen LogP contribution in [0.3, 0.4) is 0 Å². The first kappa shape index (κ1) is 20.2. The summed E-state index contributed by atoms with van der Waals surface area (Å²) in [7, 11) is 0. The number of carbonyl (C=O) groups excluding carboxylic acids is 2. The van der Waals surface area contributed by atoms with E-state index < -0.39 is 0 Å². The van der Waals surface area contributed by atoms with E-state index >= 15 is 0 Å². The number of amides is 2. The van der Waals surface area contributed by atoms with Crippen molar-refractivity contribution in [3.63, 3.8) is 0 Å². The SMILES string of the molecule is O=C(CNC(=O)c1ccc(Br)cc1)Nc1nc(CC23CC4CC(CC(C4)C2)C3)cs1. The maximum Gasteiger partial charge on any atom is 0.251 e. The van der Waals surface area contributed by atoms with Gasteiger partial charge in [-0.15, -0.1) is 11.3 Å². The van der Waals surface area contributed by atoms with E-state index in [1.165, 1.54) is 49.9 Å². The van der Waals surface area contributed by atoms with Gasteiger partial charge in [0.05, 0.1) is 12.2 Å². The lowest BCUT2D eigenvalue weighted by atomic mass is 9.48. The molecule has 7 heteroatoms. The Hall–Kier alpha value is -1.73. The molecule has 0 radical (unpaired) electrons. The zero-order chi connectivity index (χ0) is 20.7. The number of aromatic nitrogens is 1. The number of hydrogen-bond donors (Lipinski definition) is 2. The Morgan fingerprint density at radius 2 is 1.70 bits per heavy atom. The second-order valence-corrected chi connectivity index (χ2v) is 11.2. The Kier molecular flexibility index (Phi) is 5.44. The van der Waals surface area contributed by atoms with Gasteiger partial charge in [-0.1, -0.05) is 15.9 Å². The molecule has 0 atom stereocenters. The average Bonchev–Trinajstić information content (AvgIpc) is 3.11. The van der Waals surface area contributed by atoms with Crippen LogP contribution in [0.2, 0.25) is 0 Å². The van der Waals surface area contributed by atoms with Gasteiger partial charge in [0, 0.05) is 15.4 Å². The maximum absolute atomic E-state index is 12.3. The summed E-state index contributed by atoms with van der Waals surface area (Å²) < 4.78 is 0.907. The summed E-state index contributed by atoms with van der Waals surface area (Å²) in [5, 5.41) is 8.21. The summed E-state index contributed by atoms with van der Waals surface area (Å²) >= 11 is 4.82. The van der Waals surface area contributed by atoms with Crippen molar-refractivity contribution in [3.05, 3.63) is 45.4 Å². The fourth-order valence-electron chi connectivity index (χ4n) is 6.36. The molecule has 2 aromatic rings. The summed E-state index contributed by atoms with van der Waals surface area (Å²) in [5.41, 5.74) is 2.08. The molecule has 4 saturated carbocycles. The van der Waals surface area contributed by atoms with E-state index in [0.29, 0.717) is 16.1 Å². The van der Waals surface area contributed by atoms with E-state index in [4.69, 9.17) is 0 Å². The Morgan fingerprint density at radius 3 is 2.33 bits per heavy atom. The quantitative estimate of drug-likeness (QED) is 0.599. The fourth-order valence-corrected chi connectivity index (χ4v) is 7.35. The normalized spacial score (nSPS) is 29.0. The Labute approximate surface area is 189 Å². The number of anilines is 1. The molecular formula is C23H26BrN3O2S. The molecule has 158 valence electrons. The van der Waals surface area contributed by atoms with E-state index in [9.17, 15) is 9.59 Å². The average molecular weight is 488 g/mol. The van der Waals surface area contributed by atoms with Gasteiger partial charge in [-0.25, -0.2) is 4.98 Å². The lowest BCUT2D eigenvalue weighted by Crippen LogP contribution is -2.47. The van der Waals surface area contributed by atoms with Crippen molar-refractivity contribution >= 4 is 44.2 Å². The van der Waals surface area contributed by atoms with Gasteiger partial charge in [0.15, 0.2) is 5.13 Å². The minimum atomic E-state index is -0.265. The van der Waals surface area contributed by atoms with Crippen LogP contribution in [0.5, 0.6) is 0 Å². The van der Waals surface area contributed by atoms with E-state index in [1.807, 2.05) is 0 Å². The molecule has 0 aliphatic heterocycles. The van der Waals surface area contributed by atoms with Crippen LogP contribution in [0.1, 0.15) is 54.6 Å². The van der Waals surface area contributed by atoms with Crippen LogP contribution in [-0.4, -0.2) is 23.3 Å². The Bertz CT molecular complexity index is 920. The highest BCUT2D eigenvalue weighted by Crippen LogP contribution is 2.61. The highest BCUT2D eigenvalue weighted by atomic mass is 79.9. The molecule has 1 aromatic carbocycles. The van der Waals surface area contributed by atoms with E-state index in [-0.39, 0.29) is 18.4 Å². The smallest absolute Gasteiger partial charge is 0.251 e. The first-order valence-corrected chi connectivity index (χ1v) is 12.4. The molecule has 0 spiro atoms. The maximum atomic E-state index is 12.3. The molecule has 4 aliphatic carbocycles. The van der Waals surface area contributed by atoms with Crippen molar-refractivity contribution in [3.8, 4) is 0 Å². The third-order valence-electron chi connectivity index (χ3n) is 7.04. The van der Waals surface area contributed by atoms with Crippen molar-refractivity contribution in [2.24, 2.45) is 23.2 Å². The highest BCUT2D eigenvalue weighted by molar-refractivity contribution is 9.10. The number of rotatable bonds is 6. The number of halogens is 1. The number of carbonyl (C=O) groups is 2. The van der Waals surface area contributed by atoms with Crippen LogP contribution in [0.25, 0.3) is 0 Å². The van der Waals surface area contributed by atoms with Crippen LogP contribution in [-0.2, 0) is 11.2 Å². The molecule has 5 nitrogen and oxygen atoms in total. The van der Waals surface area contributed by atoms with E-state index in [0.717, 1.165) is 34.3 Å². The molecule has 0 unspecified atom stereocenters. The Morgan fingerprint density at radius 1 is 1.07 bits per heavy atom. The number of nitrogens with zero attached hydrogens (tertiary/aromatic N) is 1. The molecule has 4 fully saturated rings. The molecular weight excluding hydrogens is 462 g/mol. The lowest BCUT2D eigenvalue weighted by Gasteiger charge is -2.56. The molecule has 2 amide bonds. The number of hydrogen-bond acceptors (Lipinski definition) is 4. The van der Waals surface area contributed by atoms with E-state index in [1.54, 1.807) is 24.3 Å². The molecule has 1 heterocycles. The highest BCUT2D eigenvalue weighted by Gasteiger charge is 2.50. The molecule has 0 saturated heterocycles. The Balaban J connectivity index is 1.14. The minimum absolute atomic E-state index is 0.0706. The van der Waals surface area contributed by atoms with Crippen molar-refractivity contribution < 1.29 is 9.59 Å². The van der Waals surface area contributed by atoms with Crippen LogP contribution in [0.4, 0.5) is 5.13 Å². The largest absolute Gasteiger partial charge is 0.343 e. The molecule has 6 rings (SSSR count). The second kappa shape index (κ2) is 8.08. The van der Waals surface area contributed by atoms with Crippen LogP contribution >= 0.6 is 27.3 Å². The van der Waals surface area contributed by atoms with Crippen molar-refractivity contribution in [2.45, 2.75) is 44.9 Å². The van der Waals surface area contributed by atoms with Gasteiger partial charge < -0.3 is 10.6 Å². The second-order valence-electron chi connectivity index (χ2n) is 9.48. The standard InChI is InChI=1S/C23H26BrN3O2S/c24-18-3-1-17(2-4-18)21(29)25-12-20(28)27-22-26-19(13-30-22)11-23-8-14-5-15(9-23)7-16(6-14)10-23/h1-4,13-16H,5-12H2,(H,25,29)(H,26,27,28). The van der Waals surface area contributed by atoms with Gasteiger partial charge in [-0.2, -0.15) is 0 Å². The first-order chi connectivity index (χ1) is 14.5. The van der Waals surface area contributed by atoms with Crippen molar-refractivity contribution in [2.75, 3.05) is 11.9 Å². The minimum Gasteiger partial charge on any atom is -0.343 e.